The highest BCUT2D eigenvalue weighted by Gasteiger charge is 2.45. The highest BCUT2D eigenvalue weighted by molar-refractivity contribution is 5.58. The Morgan fingerprint density at radius 2 is 1.67 bits per heavy atom. The first kappa shape index (κ1) is 20.2. The smallest absolute Gasteiger partial charge is 0.150 e. The summed E-state index contributed by atoms with van der Waals surface area (Å²) >= 11 is 0. The number of aromatic nitrogens is 3. The van der Waals surface area contributed by atoms with Crippen LogP contribution in [0.2, 0.25) is 0 Å². The fourth-order valence-electron chi connectivity index (χ4n) is 6.15. The van der Waals surface area contributed by atoms with Crippen molar-refractivity contribution >= 4 is 17.5 Å². The first-order valence-corrected chi connectivity index (χ1v) is 13.3. The molecule has 2 saturated heterocycles. The molecule has 7 rings (SSSR count). The van der Waals surface area contributed by atoms with Crippen molar-refractivity contribution in [3.63, 3.8) is 0 Å². The van der Waals surface area contributed by atoms with E-state index in [4.69, 9.17) is 9.97 Å². The Balaban J connectivity index is 1.10. The Morgan fingerprint density at radius 3 is 2.33 bits per heavy atom. The second kappa shape index (κ2) is 8.23. The molecule has 0 radical (unpaired) electrons. The summed E-state index contributed by atoms with van der Waals surface area (Å²) in [5.41, 5.74) is 2.59. The highest BCUT2D eigenvalue weighted by atomic mass is 15.2. The van der Waals surface area contributed by atoms with Crippen LogP contribution in [-0.4, -0.2) is 52.6 Å². The van der Waals surface area contributed by atoms with Crippen molar-refractivity contribution in [1.82, 2.24) is 19.9 Å². The van der Waals surface area contributed by atoms with Crippen LogP contribution in [0, 0.1) is 17.8 Å². The number of pyridine rings is 1. The number of hydrogen-bond acceptors (Lipinski definition) is 6. The molecule has 3 saturated carbocycles. The molecule has 2 atom stereocenters. The van der Waals surface area contributed by atoms with Gasteiger partial charge in [-0.2, -0.15) is 0 Å². The summed E-state index contributed by atoms with van der Waals surface area (Å²) < 4.78 is 0. The first-order valence-electron chi connectivity index (χ1n) is 13.3. The number of nitrogens with zero attached hydrogens (tertiary/aromatic N) is 5. The van der Waals surface area contributed by atoms with Gasteiger partial charge in [0.1, 0.15) is 17.5 Å². The van der Waals surface area contributed by atoms with Gasteiger partial charge in [0, 0.05) is 25.6 Å². The van der Waals surface area contributed by atoms with Gasteiger partial charge in [0.2, 0.25) is 0 Å². The molecule has 1 N–H and O–H groups in total. The molecule has 2 aromatic rings. The molecule has 4 heterocycles. The van der Waals surface area contributed by atoms with Crippen molar-refractivity contribution < 1.29 is 0 Å². The zero-order valence-electron chi connectivity index (χ0n) is 19.6. The van der Waals surface area contributed by atoms with E-state index < -0.39 is 0 Å². The lowest BCUT2D eigenvalue weighted by molar-refractivity contribution is 0.204. The van der Waals surface area contributed by atoms with Gasteiger partial charge >= 0.3 is 0 Å². The van der Waals surface area contributed by atoms with Crippen LogP contribution in [0.1, 0.15) is 74.5 Å². The van der Waals surface area contributed by atoms with Gasteiger partial charge in [0.15, 0.2) is 0 Å². The summed E-state index contributed by atoms with van der Waals surface area (Å²) in [6, 6.07) is 4.67. The quantitative estimate of drug-likeness (QED) is 0.654. The molecule has 0 amide bonds. The molecule has 174 valence electrons. The number of fused-ring (bicyclic) bond motifs is 1. The summed E-state index contributed by atoms with van der Waals surface area (Å²) in [4.78, 5) is 19.6. The Kier molecular flexibility index (Phi) is 5.03. The molecule has 2 unspecified atom stereocenters. The molecule has 2 aliphatic heterocycles. The predicted molar refractivity (Wildman–Crippen MR) is 131 cm³/mol. The average molecular weight is 445 g/mol. The van der Waals surface area contributed by atoms with Crippen molar-refractivity contribution in [3.05, 3.63) is 35.8 Å². The van der Waals surface area contributed by atoms with Gasteiger partial charge in [0.05, 0.1) is 18.1 Å². The predicted octanol–water partition coefficient (Wildman–Crippen LogP) is 4.93. The molecule has 3 aliphatic carbocycles. The zero-order chi connectivity index (χ0) is 21.8. The fourth-order valence-corrected chi connectivity index (χ4v) is 6.15. The fraction of sp³-hybridized carbons (Fsp3) is 0.667. The van der Waals surface area contributed by atoms with Crippen LogP contribution in [0.25, 0.3) is 0 Å². The van der Waals surface area contributed by atoms with E-state index >= 15 is 0 Å². The van der Waals surface area contributed by atoms with Crippen molar-refractivity contribution in [3.8, 4) is 0 Å². The lowest BCUT2D eigenvalue weighted by atomic mass is 9.83. The van der Waals surface area contributed by atoms with Crippen LogP contribution in [0.15, 0.2) is 24.5 Å². The monoisotopic (exact) mass is 444 g/mol. The minimum atomic E-state index is 0.618. The van der Waals surface area contributed by atoms with E-state index in [1.165, 1.54) is 89.7 Å². The van der Waals surface area contributed by atoms with E-state index in [-0.39, 0.29) is 0 Å². The first-order chi connectivity index (χ1) is 16.3. The molecule has 0 spiro atoms. The Hall–Kier alpha value is -2.21. The minimum Gasteiger partial charge on any atom is -0.356 e. The lowest BCUT2D eigenvalue weighted by Crippen LogP contribution is -2.34. The number of nitrogens with one attached hydrogen (secondary N) is 1. The maximum atomic E-state index is 5.04. The Bertz CT molecular complexity index is 980. The number of hydrogen-bond donors (Lipinski definition) is 1. The van der Waals surface area contributed by atoms with Crippen LogP contribution in [-0.2, 0) is 0 Å². The second-order valence-electron chi connectivity index (χ2n) is 11.4. The molecular weight excluding hydrogens is 408 g/mol. The SMILES string of the molecule is c1nc(C2CCC2)cnc1Nc1cc(C2CCN(CC3CC3)CC2)cc(N2CC3CC3C2)n1. The molecule has 0 bridgehead atoms. The topological polar surface area (TPSA) is 57.2 Å². The third kappa shape index (κ3) is 4.34. The van der Waals surface area contributed by atoms with Gasteiger partial charge in [0.25, 0.3) is 0 Å². The van der Waals surface area contributed by atoms with Crippen LogP contribution in [0.3, 0.4) is 0 Å². The van der Waals surface area contributed by atoms with Gasteiger partial charge < -0.3 is 15.1 Å². The van der Waals surface area contributed by atoms with Crippen LogP contribution >= 0.6 is 0 Å². The van der Waals surface area contributed by atoms with Gasteiger partial charge in [-0.3, -0.25) is 4.98 Å². The normalized spacial score (nSPS) is 27.9. The molecule has 6 heteroatoms. The minimum absolute atomic E-state index is 0.618. The molecule has 5 aliphatic rings. The third-order valence-electron chi connectivity index (χ3n) is 8.86. The standard InChI is InChI=1S/C27H36N6/c1-2-20(3-1)24-13-29-26(14-28-24)30-25-11-21(12-27(31-25)33-16-22-10-23(22)17-33)19-6-8-32(9-7-19)15-18-4-5-18/h11-14,18-20,22-23H,1-10,15-17H2,(H,29,30,31). The van der Waals surface area contributed by atoms with E-state index in [9.17, 15) is 0 Å². The summed E-state index contributed by atoms with van der Waals surface area (Å²) in [6.45, 7) is 6.16. The molecule has 0 aromatic carbocycles. The highest BCUT2D eigenvalue weighted by Crippen LogP contribution is 2.46. The molecule has 5 fully saturated rings. The largest absolute Gasteiger partial charge is 0.356 e. The lowest BCUT2D eigenvalue weighted by Gasteiger charge is -2.33. The van der Waals surface area contributed by atoms with Gasteiger partial charge in [-0.1, -0.05) is 6.42 Å². The molecule has 6 nitrogen and oxygen atoms in total. The number of likely N-dealkylation sites (tertiary alicyclic amines) is 1. The van der Waals surface area contributed by atoms with Crippen molar-refractivity contribution in [1.29, 1.82) is 0 Å². The van der Waals surface area contributed by atoms with Crippen LogP contribution < -0.4 is 10.2 Å². The summed E-state index contributed by atoms with van der Waals surface area (Å²) in [6.07, 6.45) is 14.5. The van der Waals surface area contributed by atoms with Crippen molar-refractivity contribution in [2.45, 2.75) is 63.2 Å². The Labute approximate surface area is 197 Å². The number of piperidine rings is 2. The third-order valence-corrected chi connectivity index (χ3v) is 8.86. The average Bonchev–Trinajstić information content (AvgIpc) is 3.73. The van der Waals surface area contributed by atoms with E-state index in [0.29, 0.717) is 11.8 Å². The van der Waals surface area contributed by atoms with E-state index in [1.807, 2.05) is 12.4 Å². The van der Waals surface area contributed by atoms with Crippen molar-refractivity contribution in [2.75, 3.05) is 42.9 Å². The van der Waals surface area contributed by atoms with Gasteiger partial charge in [-0.25, -0.2) is 9.97 Å². The van der Waals surface area contributed by atoms with Crippen molar-refractivity contribution in [2.24, 2.45) is 17.8 Å². The van der Waals surface area contributed by atoms with Crippen LogP contribution in [0.5, 0.6) is 0 Å². The van der Waals surface area contributed by atoms with Gasteiger partial charge in [-0.15, -0.1) is 0 Å². The molecular formula is C27H36N6. The molecule has 2 aromatic heterocycles. The number of anilines is 3. The zero-order valence-corrected chi connectivity index (χ0v) is 19.6. The number of rotatable bonds is 7. The summed E-state index contributed by atoms with van der Waals surface area (Å²) in [5, 5.41) is 3.49. The summed E-state index contributed by atoms with van der Waals surface area (Å²) in [7, 11) is 0. The van der Waals surface area contributed by atoms with E-state index in [0.717, 1.165) is 40.9 Å². The van der Waals surface area contributed by atoms with E-state index in [1.54, 1.807) is 0 Å². The second-order valence-corrected chi connectivity index (χ2v) is 11.4. The van der Waals surface area contributed by atoms with Crippen LogP contribution in [0.4, 0.5) is 17.5 Å². The molecule has 33 heavy (non-hydrogen) atoms. The van der Waals surface area contributed by atoms with Gasteiger partial charge in [-0.05, 0) is 99.4 Å². The Morgan fingerprint density at radius 1 is 0.848 bits per heavy atom. The maximum absolute atomic E-state index is 5.04. The summed E-state index contributed by atoms with van der Waals surface area (Å²) in [5.74, 6) is 6.93. The maximum Gasteiger partial charge on any atom is 0.150 e. The van der Waals surface area contributed by atoms with E-state index in [2.05, 4.69) is 32.2 Å².